The highest BCUT2D eigenvalue weighted by Gasteiger charge is 2.24. The Morgan fingerprint density at radius 3 is 2.17 bits per heavy atom. The zero-order valence-corrected chi connectivity index (χ0v) is 15.7. The van der Waals surface area contributed by atoms with Gasteiger partial charge in [0.2, 0.25) is 0 Å². The van der Waals surface area contributed by atoms with Crippen LogP contribution < -0.4 is 14.8 Å². The lowest BCUT2D eigenvalue weighted by Crippen LogP contribution is -2.45. The van der Waals surface area contributed by atoms with Crippen LogP contribution in [0.15, 0.2) is 46.9 Å². The van der Waals surface area contributed by atoms with Crippen molar-refractivity contribution in [2.75, 3.05) is 40.4 Å². The van der Waals surface area contributed by atoms with E-state index in [9.17, 15) is 0 Å². The van der Waals surface area contributed by atoms with Crippen molar-refractivity contribution in [3.05, 3.63) is 58.1 Å². The lowest BCUT2D eigenvalue weighted by Gasteiger charge is -2.35. The maximum Gasteiger partial charge on any atom is 0.161 e. The van der Waals surface area contributed by atoms with E-state index in [4.69, 9.17) is 9.47 Å². The van der Waals surface area contributed by atoms with E-state index >= 15 is 0 Å². The summed E-state index contributed by atoms with van der Waals surface area (Å²) in [6.45, 7) is 4.07. The molecule has 0 aliphatic carbocycles. The number of rotatable bonds is 5. The highest BCUT2D eigenvalue weighted by Crippen LogP contribution is 2.35. The minimum Gasteiger partial charge on any atom is -0.493 e. The summed E-state index contributed by atoms with van der Waals surface area (Å²) in [5.74, 6) is 1.53. The summed E-state index contributed by atoms with van der Waals surface area (Å²) in [5, 5.41) is 3.43. The van der Waals surface area contributed by atoms with Crippen LogP contribution in [0.5, 0.6) is 11.5 Å². The van der Waals surface area contributed by atoms with E-state index in [2.05, 4.69) is 62.5 Å². The van der Waals surface area contributed by atoms with Crippen LogP contribution in [0, 0.1) is 0 Å². The predicted molar refractivity (Wildman–Crippen MR) is 100.0 cm³/mol. The van der Waals surface area contributed by atoms with Crippen LogP contribution in [0.4, 0.5) is 0 Å². The minimum atomic E-state index is 0.208. The summed E-state index contributed by atoms with van der Waals surface area (Å²) in [5.41, 5.74) is 2.50. The molecule has 0 amide bonds. The summed E-state index contributed by atoms with van der Waals surface area (Å²) < 4.78 is 12.0. The molecule has 1 N–H and O–H groups in total. The molecule has 128 valence electrons. The first-order valence-corrected chi connectivity index (χ1v) is 8.94. The zero-order chi connectivity index (χ0) is 16.9. The van der Waals surface area contributed by atoms with Gasteiger partial charge in [-0.1, -0.05) is 34.1 Å². The first kappa shape index (κ1) is 17.3. The summed E-state index contributed by atoms with van der Waals surface area (Å²) in [7, 11) is 3.35. The standard InChI is InChI=1S/C19H23BrN2O2/c1-23-17-8-5-15(13-18(17)24-2)19(22-11-9-21-10-12-22)14-3-6-16(20)7-4-14/h3-8,13,19,21H,9-12H2,1-2H3. The lowest BCUT2D eigenvalue weighted by molar-refractivity contribution is 0.198. The number of nitrogens with zero attached hydrogens (tertiary/aromatic N) is 1. The average Bonchev–Trinajstić information content (AvgIpc) is 2.64. The molecule has 0 saturated carbocycles. The van der Waals surface area contributed by atoms with Gasteiger partial charge in [0.1, 0.15) is 0 Å². The van der Waals surface area contributed by atoms with Gasteiger partial charge in [0, 0.05) is 30.7 Å². The molecular weight excluding hydrogens is 368 g/mol. The van der Waals surface area contributed by atoms with Gasteiger partial charge in [0.15, 0.2) is 11.5 Å². The van der Waals surface area contributed by atoms with E-state index < -0.39 is 0 Å². The molecular formula is C19H23BrN2O2. The smallest absolute Gasteiger partial charge is 0.161 e. The van der Waals surface area contributed by atoms with Gasteiger partial charge in [-0.2, -0.15) is 0 Å². The molecule has 1 saturated heterocycles. The number of hydrogen-bond acceptors (Lipinski definition) is 4. The Morgan fingerprint density at radius 1 is 0.917 bits per heavy atom. The van der Waals surface area contributed by atoms with Gasteiger partial charge in [-0.25, -0.2) is 0 Å². The quantitative estimate of drug-likeness (QED) is 0.847. The van der Waals surface area contributed by atoms with Gasteiger partial charge in [0.25, 0.3) is 0 Å². The topological polar surface area (TPSA) is 33.7 Å². The number of halogens is 1. The van der Waals surface area contributed by atoms with Crippen LogP contribution >= 0.6 is 15.9 Å². The van der Waals surface area contributed by atoms with Gasteiger partial charge in [-0.05, 0) is 35.4 Å². The van der Waals surface area contributed by atoms with Crippen molar-refractivity contribution in [1.82, 2.24) is 10.2 Å². The molecule has 2 aromatic carbocycles. The Balaban J connectivity index is 2.01. The second kappa shape index (κ2) is 8.01. The molecule has 1 atom stereocenters. The number of hydrogen-bond donors (Lipinski definition) is 1. The van der Waals surface area contributed by atoms with Crippen LogP contribution in [0.2, 0.25) is 0 Å². The molecule has 0 bridgehead atoms. The molecule has 0 spiro atoms. The molecule has 0 radical (unpaired) electrons. The van der Waals surface area contributed by atoms with Crippen LogP contribution in [0.25, 0.3) is 0 Å². The van der Waals surface area contributed by atoms with Crippen LogP contribution in [-0.2, 0) is 0 Å². The van der Waals surface area contributed by atoms with Gasteiger partial charge in [-0.15, -0.1) is 0 Å². The Labute approximate surface area is 151 Å². The van der Waals surface area contributed by atoms with Gasteiger partial charge >= 0.3 is 0 Å². The highest BCUT2D eigenvalue weighted by atomic mass is 79.9. The fourth-order valence-corrected chi connectivity index (χ4v) is 3.49. The van der Waals surface area contributed by atoms with Crippen LogP contribution in [-0.4, -0.2) is 45.3 Å². The summed E-state index contributed by atoms with van der Waals surface area (Å²) in [6, 6.07) is 15.0. The van der Waals surface area contributed by atoms with E-state index in [1.807, 2.05) is 6.07 Å². The van der Waals surface area contributed by atoms with Crippen molar-refractivity contribution < 1.29 is 9.47 Å². The van der Waals surface area contributed by atoms with Crippen molar-refractivity contribution in [2.24, 2.45) is 0 Å². The Hall–Kier alpha value is -1.56. The first-order chi connectivity index (χ1) is 11.7. The Kier molecular flexibility index (Phi) is 5.76. The third-order valence-electron chi connectivity index (χ3n) is 4.43. The number of benzene rings is 2. The van der Waals surface area contributed by atoms with Crippen molar-refractivity contribution in [3.8, 4) is 11.5 Å². The van der Waals surface area contributed by atoms with E-state index in [0.717, 1.165) is 42.2 Å². The minimum absolute atomic E-state index is 0.208. The maximum absolute atomic E-state index is 5.51. The Morgan fingerprint density at radius 2 is 1.54 bits per heavy atom. The van der Waals surface area contributed by atoms with Gasteiger partial charge < -0.3 is 14.8 Å². The van der Waals surface area contributed by atoms with Crippen LogP contribution in [0.3, 0.4) is 0 Å². The molecule has 3 rings (SSSR count). The van der Waals surface area contributed by atoms with E-state index in [1.54, 1.807) is 14.2 Å². The molecule has 2 aromatic rings. The number of piperazine rings is 1. The third-order valence-corrected chi connectivity index (χ3v) is 4.95. The highest BCUT2D eigenvalue weighted by molar-refractivity contribution is 9.10. The third kappa shape index (κ3) is 3.74. The second-order valence-corrected chi connectivity index (χ2v) is 6.77. The summed E-state index contributed by atoms with van der Waals surface area (Å²) in [4.78, 5) is 2.51. The largest absolute Gasteiger partial charge is 0.493 e. The number of methoxy groups -OCH3 is 2. The SMILES string of the molecule is COc1ccc(C(c2ccc(Br)cc2)N2CCNCC2)cc1OC. The van der Waals surface area contributed by atoms with Crippen molar-refractivity contribution in [2.45, 2.75) is 6.04 Å². The fourth-order valence-electron chi connectivity index (χ4n) is 3.22. The molecule has 4 nitrogen and oxygen atoms in total. The molecule has 1 unspecified atom stereocenters. The van der Waals surface area contributed by atoms with Crippen molar-refractivity contribution in [3.63, 3.8) is 0 Å². The Bertz CT molecular complexity index is 670. The maximum atomic E-state index is 5.51. The molecule has 1 fully saturated rings. The average molecular weight is 391 g/mol. The number of ether oxygens (including phenoxy) is 2. The van der Waals surface area contributed by atoms with Gasteiger partial charge in [-0.3, -0.25) is 4.90 Å². The second-order valence-electron chi connectivity index (χ2n) is 5.85. The molecule has 5 heteroatoms. The summed E-state index contributed by atoms with van der Waals surface area (Å²) >= 11 is 3.53. The number of nitrogens with one attached hydrogen (secondary N) is 1. The molecule has 1 aliphatic rings. The predicted octanol–water partition coefficient (Wildman–Crippen LogP) is 3.46. The first-order valence-electron chi connectivity index (χ1n) is 8.15. The zero-order valence-electron chi connectivity index (χ0n) is 14.1. The molecule has 1 heterocycles. The lowest BCUT2D eigenvalue weighted by atomic mass is 9.96. The molecule has 0 aromatic heterocycles. The van der Waals surface area contributed by atoms with Gasteiger partial charge in [0.05, 0.1) is 20.3 Å². The monoisotopic (exact) mass is 390 g/mol. The fraction of sp³-hybridized carbons (Fsp3) is 0.368. The molecule has 24 heavy (non-hydrogen) atoms. The van der Waals surface area contributed by atoms with E-state index in [-0.39, 0.29) is 6.04 Å². The van der Waals surface area contributed by atoms with Crippen molar-refractivity contribution >= 4 is 15.9 Å². The van der Waals surface area contributed by atoms with E-state index in [1.165, 1.54) is 11.1 Å². The van der Waals surface area contributed by atoms with Crippen molar-refractivity contribution in [1.29, 1.82) is 0 Å². The summed E-state index contributed by atoms with van der Waals surface area (Å²) in [6.07, 6.45) is 0. The van der Waals surface area contributed by atoms with Crippen LogP contribution in [0.1, 0.15) is 17.2 Å². The molecule has 1 aliphatic heterocycles. The normalized spacial score (nSPS) is 16.6. The van der Waals surface area contributed by atoms with E-state index in [0.29, 0.717) is 0 Å².